The minimum absolute atomic E-state index is 0.158. The number of aromatic nitrogens is 1. The van der Waals surface area contributed by atoms with Gasteiger partial charge in [0.25, 0.3) is 5.91 Å². The van der Waals surface area contributed by atoms with E-state index in [2.05, 4.69) is 24.1 Å². The maximum absolute atomic E-state index is 12.3. The second-order valence-corrected chi connectivity index (χ2v) is 4.58. The van der Waals surface area contributed by atoms with Crippen molar-refractivity contribution in [2.75, 3.05) is 11.1 Å². The van der Waals surface area contributed by atoms with Gasteiger partial charge < -0.3 is 11.1 Å². The third kappa shape index (κ3) is 2.96. The van der Waals surface area contributed by atoms with Crippen molar-refractivity contribution in [1.29, 1.82) is 0 Å². The van der Waals surface area contributed by atoms with Gasteiger partial charge >= 0.3 is 0 Å². The molecular formula is C16H19N3O. The van der Waals surface area contributed by atoms with Crippen LogP contribution in [0.15, 0.2) is 36.5 Å². The highest BCUT2D eigenvalue weighted by atomic mass is 16.1. The van der Waals surface area contributed by atoms with Crippen LogP contribution >= 0.6 is 0 Å². The number of para-hydroxylation sites is 1. The first-order chi connectivity index (χ1) is 9.65. The number of carbonyl (C=O) groups is 1. The van der Waals surface area contributed by atoms with E-state index in [1.54, 1.807) is 12.1 Å². The smallest absolute Gasteiger partial charge is 0.255 e. The van der Waals surface area contributed by atoms with Crippen molar-refractivity contribution >= 4 is 17.4 Å². The third-order valence-electron chi connectivity index (χ3n) is 3.28. The molecule has 1 amide bonds. The minimum atomic E-state index is -0.158. The first kappa shape index (κ1) is 14.1. The molecule has 2 rings (SSSR count). The van der Waals surface area contributed by atoms with Gasteiger partial charge in [-0.2, -0.15) is 0 Å². The van der Waals surface area contributed by atoms with E-state index in [4.69, 9.17) is 5.73 Å². The lowest BCUT2D eigenvalue weighted by Gasteiger charge is -2.14. The first-order valence-electron chi connectivity index (χ1n) is 6.79. The zero-order chi connectivity index (χ0) is 14.5. The number of nitrogen functional groups attached to an aromatic ring is 1. The van der Waals surface area contributed by atoms with Crippen LogP contribution in [0.2, 0.25) is 0 Å². The van der Waals surface area contributed by atoms with Gasteiger partial charge in [0, 0.05) is 17.4 Å². The molecule has 0 saturated heterocycles. The van der Waals surface area contributed by atoms with Crippen molar-refractivity contribution in [1.82, 2.24) is 4.98 Å². The maximum Gasteiger partial charge on any atom is 0.255 e. The molecule has 4 heteroatoms. The van der Waals surface area contributed by atoms with Crippen LogP contribution in [0.3, 0.4) is 0 Å². The van der Waals surface area contributed by atoms with E-state index in [9.17, 15) is 4.79 Å². The Morgan fingerprint density at radius 3 is 2.40 bits per heavy atom. The van der Waals surface area contributed by atoms with Gasteiger partial charge in [0.2, 0.25) is 0 Å². The first-order valence-corrected chi connectivity index (χ1v) is 6.79. The average molecular weight is 269 g/mol. The molecule has 0 aliphatic carbocycles. The molecule has 20 heavy (non-hydrogen) atoms. The van der Waals surface area contributed by atoms with Crippen molar-refractivity contribution in [3.05, 3.63) is 53.2 Å². The molecule has 0 bridgehead atoms. The molecule has 2 aromatic rings. The monoisotopic (exact) mass is 269 g/mol. The lowest BCUT2D eigenvalue weighted by atomic mass is 10.0. The molecule has 1 aromatic carbocycles. The Balaban J connectivity index is 2.32. The van der Waals surface area contributed by atoms with Gasteiger partial charge in [0.1, 0.15) is 5.82 Å². The molecule has 3 N–H and O–H groups in total. The van der Waals surface area contributed by atoms with E-state index < -0.39 is 0 Å². The van der Waals surface area contributed by atoms with E-state index in [1.807, 2.05) is 18.2 Å². The van der Waals surface area contributed by atoms with Crippen LogP contribution in [0.5, 0.6) is 0 Å². The van der Waals surface area contributed by atoms with Crippen LogP contribution in [-0.4, -0.2) is 10.9 Å². The Hall–Kier alpha value is -2.36. The molecule has 1 aromatic heterocycles. The fraction of sp³-hybridized carbons (Fsp3) is 0.250. The summed E-state index contributed by atoms with van der Waals surface area (Å²) in [5, 5.41) is 3.00. The Morgan fingerprint density at radius 2 is 1.85 bits per heavy atom. The lowest BCUT2D eigenvalue weighted by Crippen LogP contribution is -2.15. The quantitative estimate of drug-likeness (QED) is 0.896. The molecule has 0 unspecified atom stereocenters. The number of nitrogens with two attached hydrogens (primary N) is 1. The molecule has 1 heterocycles. The highest BCUT2D eigenvalue weighted by molar-refractivity contribution is 6.05. The topological polar surface area (TPSA) is 68.0 Å². The minimum Gasteiger partial charge on any atom is -0.384 e. The molecule has 0 aliphatic heterocycles. The molecule has 0 fully saturated rings. The molecule has 104 valence electrons. The molecule has 0 aliphatic rings. The van der Waals surface area contributed by atoms with E-state index in [0.717, 1.165) is 29.7 Å². The number of carbonyl (C=O) groups excluding carboxylic acids is 1. The summed E-state index contributed by atoms with van der Waals surface area (Å²) >= 11 is 0. The van der Waals surface area contributed by atoms with Gasteiger partial charge in [0.15, 0.2) is 0 Å². The number of nitrogens with zero attached hydrogens (tertiary/aromatic N) is 1. The summed E-state index contributed by atoms with van der Waals surface area (Å²) in [6, 6.07) is 9.34. The normalized spacial score (nSPS) is 10.3. The van der Waals surface area contributed by atoms with E-state index in [-0.39, 0.29) is 5.91 Å². The predicted octanol–water partition coefficient (Wildman–Crippen LogP) is 3.04. The molecular weight excluding hydrogens is 250 g/mol. The zero-order valence-corrected chi connectivity index (χ0v) is 11.8. The van der Waals surface area contributed by atoms with E-state index >= 15 is 0 Å². The highest BCUT2D eigenvalue weighted by Gasteiger charge is 2.12. The summed E-state index contributed by atoms with van der Waals surface area (Å²) in [5.74, 6) is 0.187. The molecule has 0 saturated carbocycles. The summed E-state index contributed by atoms with van der Waals surface area (Å²) in [7, 11) is 0. The van der Waals surface area contributed by atoms with Crippen molar-refractivity contribution in [3.63, 3.8) is 0 Å². The summed E-state index contributed by atoms with van der Waals surface area (Å²) in [4.78, 5) is 16.2. The number of pyridine rings is 1. The Kier molecular flexibility index (Phi) is 4.35. The maximum atomic E-state index is 12.3. The van der Waals surface area contributed by atoms with Gasteiger partial charge in [0.05, 0.1) is 0 Å². The van der Waals surface area contributed by atoms with Crippen molar-refractivity contribution < 1.29 is 4.79 Å². The fourth-order valence-corrected chi connectivity index (χ4v) is 2.18. The van der Waals surface area contributed by atoms with Gasteiger partial charge in [-0.3, -0.25) is 4.79 Å². The predicted molar refractivity (Wildman–Crippen MR) is 81.8 cm³/mol. The van der Waals surface area contributed by atoms with Crippen LogP contribution in [-0.2, 0) is 12.8 Å². The van der Waals surface area contributed by atoms with Crippen LogP contribution in [0.25, 0.3) is 0 Å². The molecule has 0 atom stereocenters. The summed E-state index contributed by atoms with van der Waals surface area (Å²) in [5.41, 5.74) is 9.32. The Morgan fingerprint density at radius 1 is 1.20 bits per heavy atom. The number of amides is 1. The standard InChI is InChI=1S/C16H19N3O/c1-3-11-6-5-7-12(4-2)15(11)19-16(20)13-8-9-18-14(17)10-13/h5-10H,3-4H2,1-2H3,(H2,17,18)(H,19,20). The van der Waals surface area contributed by atoms with Crippen molar-refractivity contribution in [2.45, 2.75) is 26.7 Å². The van der Waals surface area contributed by atoms with Gasteiger partial charge in [-0.15, -0.1) is 0 Å². The summed E-state index contributed by atoms with van der Waals surface area (Å²) < 4.78 is 0. The SMILES string of the molecule is CCc1cccc(CC)c1NC(=O)c1ccnc(N)c1. The van der Waals surface area contributed by atoms with Gasteiger partial charge in [-0.1, -0.05) is 32.0 Å². The lowest BCUT2D eigenvalue weighted by molar-refractivity contribution is 0.102. The van der Waals surface area contributed by atoms with Crippen molar-refractivity contribution in [2.24, 2.45) is 0 Å². The van der Waals surface area contributed by atoms with Crippen LogP contribution < -0.4 is 11.1 Å². The number of anilines is 2. The Bertz CT molecular complexity index is 601. The Labute approximate surface area is 119 Å². The van der Waals surface area contributed by atoms with Gasteiger partial charge in [-0.05, 0) is 36.1 Å². The van der Waals surface area contributed by atoms with Crippen LogP contribution in [0.4, 0.5) is 11.5 Å². The number of rotatable bonds is 4. The number of aryl methyl sites for hydroxylation is 2. The molecule has 4 nitrogen and oxygen atoms in total. The van der Waals surface area contributed by atoms with E-state index in [0.29, 0.717) is 11.4 Å². The number of hydrogen-bond donors (Lipinski definition) is 2. The van der Waals surface area contributed by atoms with Gasteiger partial charge in [-0.25, -0.2) is 4.98 Å². The average Bonchev–Trinajstić information content (AvgIpc) is 2.47. The molecule has 0 radical (unpaired) electrons. The second-order valence-electron chi connectivity index (χ2n) is 4.58. The summed E-state index contributed by atoms with van der Waals surface area (Å²) in [6.07, 6.45) is 3.29. The van der Waals surface area contributed by atoms with Crippen molar-refractivity contribution in [3.8, 4) is 0 Å². The largest absolute Gasteiger partial charge is 0.384 e. The van der Waals surface area contributed by atoms with Crippen LogP contribution in [0, 0.1) is 0 Å². The summed E-state index contributed by atoms with van der Waals surface area (Å²) in [6.45, 7) is 4.16. The highest BCUT2D eigenvalue weighted by Crippen LogP contribution is 2.23. The third-order valence-corrected chi connectivity index (χ3v) is 3.28. The second kappa shape index (κ2) is 6.19. The molecule has 0 spiro atoms. The number of hydrogen-bond acceptors (Lipinski definition) is 3. The van der Waals surface area contributed by atoms with Crippen LogP contribution in [0.1, 0.15) is 35.3 Å². The number of nitrogens with one attached hydrogen (secondary N) is 1. The van der Waals surface area contributed by atoms with E-state index in [1.165, 1.54) is 6.20 Å². The zero-order valence-electron chi connectivity index (χ0n) is 11.8. The fourth-order valence-electron chi connectivity index (χ4n) is 2.18. The number of benzene rings is 1.